The number of nitrogens with zero attached hydrogens (tertiary/aromatic N) is 1. The van der Waals surface area contributed by atoms with Crippen molar-refractivity contribution in [3.05, 3.63) is 82.2 Å². The summed E-state index contributed by atoms with van der Waals surface area (Å²) < 4.78 is 27.9. The van der Waals surface area contributed by atoms with E-state index >= 15 is 0 Å². The summed E-state index contributed by atoms with van der Waals surface area (Å²) in [6.07, 6.45) is 0.577. The number of carboxylic acids is 1. The SMILES string of the molecule is O=C(O)c1c(NS(=O)(=O)c2ccccc2)sc2c1CCN(Cc1ccccc1)C2. The van der Waals surface area contributed by atoms with Crippen molar-refractivity contribution in [3.8, 4) is 0 Å². The molecule has 0 fully saturated rings. The van der Waals surface area contributed by atoms with Crippen LogP contribution >= 0.6 is 11.3 Å². The molecule has 2 N–H and O–H groups in total. The third kappa shape index (κ3) is 4.19. The molecule has 1 aliphatic heterocycles. The number of sulfonamides is 1. The van der Waals surface area contributed by atoms with Gasteiger partial charge >= 0.3 is 5.97 Å². The van der Waals surface area contributed by atoms with Gasteiger partial charge in [-0.25, -0.2) is 13.2 Å². The van der Waals surface area contributed by atoms with Crippen molar-refractivity contribution in [2.45, 2.75) is 24.4 Å². The molecule has 6 nitrogen and oxygen atoms in total. The van der Waals surface area contributed by atoms with Gasteiger partial charge in [-0.1, -0.05) is 48.5 Å². The standard InChI is InChI=1S/C21H20N2O4S2/c24-21(25)19-17-11-12-23(13-15-7-3-1-4-8-15)14-18(17)28-20(19)22-29(26,27)16-9-5-2-6-10-16/h1-10,22H,11-14H2,(H,24,25). The minimum atomic E-state index is -3.85. The Morgan fingerprint density at radius 1 is 1.07 bits per heavy atom. The fourth-order valence-electron chi connectivity index (χ4n) is 3.51. The molecule has 1 aliphatic rings. The van der Waals surface area contributed by atoms with Gasteiger partial charge < -0.3 is 5.11 Å². The molecule has 0 unspecified atom stereocenters. The van der Waals surface area contributed by atoms with E-state index in [1.54, 1.807) is 18.2 Å². The highest BCUT2D eigenvalue weighted by Gasteiger charge is 2.30. The maximum atomic E-state index is 12.7. The van der Waals surface area contributed by atoms with Crippen LogP contribution in [0.25, 0.3) is 0 Å². The van der Waals surface area contributed by atoms with Crippen LogP contribution in [0.1, 0.15) is 26.4 Å². The van der Waals surface area contributed by atoms with Crippen LogP contribution < -0.4 is 4.72 Å². The molecule has 0 spiro atoms. The van der Waals surface area contributed by atoms with E-state index in [0.717, 1.165) is 23.5 Å². The summed E-state index contributed by atoms with van der Waals surface area (Å²) in [5, 5.41) is 9.91. The van der Waals surface area contributed by atoms with Crippen molar-refractivity contribution in [1.82, 2.24) is 4.90 Å². The average Bonchev–Trinajstić information content (AvgIpc) is 3.06. The summed E-state index contributed by atoms with van der Waals surface area (Å²) in [5.41, 5.74) is 2.00. The first-order valence-corrected chi connectivity index (χ1v) is 11.5. The quantitative estimate of drug-likeness (QED) is 0.624. The Hall–Kier alpha value is -2.68. The van der Waals surface area contributed by atoms with Crippen LogP contribution in [0.5, 0.6) is 0 Å². The number of benzene rings is 2. The molecule has 4 rings (SSSR count). The van der Waals surface area contributed by atoms with E-state index in [9.17, 15) is 18.3 Å². The zero-order chi connectivity index (χ0) is 20.4. The number of anilines is 1. The number of nitrogens with one attached hydrogen (secondary N) is 1. The molecule has 1 aromatic heterocycles. The second kappa shape index (κ2) is 7.98. The van der Waals surface area contributed by atoms with Gasteiger partial charge in [0.2, 0.25) is 0 Å². The second-order valence-corrected chi connectivity index (χ2v) is 9.67. The Bertz CT molecular complexity index is 1130. The van der Waals surface area contributed by atoms with Gasteiger partial charge in [-0.15, -0.1) is 11.3 Å². The van der Waals surface area contributed by atoms with Crippen LogP contribution in [0.4, 0.5) is 5.00 Å². The number of carbonyl (C=O) groups is 1. The highest BCUT2D eigenvalue weighted by Crippen LogP contribution is 2.38. The number of fused-ring (bicyclic) bond motifs is 1. The van der Waals surface area contributed by atoms with E-state index < -0.39 is 16.0 Å². The number of hydrogen-bond acceptors (Lipinski definition) is 5. The van der Waals surface area contributed by atoms with E-state index in [1.165, 1.54) is 29.0 Å². The second-order valence-electron chi connectivity index (χ2n) is 6.88. The first-order valence-electron chi connectivity index (χ1n) is 9.16. The molecule has 2 heterocycles. The number of thiophene rings is 1. The van der Waals surface area contributed by atoms with Gasteiger partial charge in [-0.05, 0) is 29.7 Å². The van der Waals surface area contributed by atoms with E-state index in [2.05, 4.69) is 21.8 Å². The zero-order valence-corrected chi connectivity index (χ0v) is 17.2. The number of hydrogen-bond donors (Lipinski definition) is 2. The van der Waals surface area contributed by atoms with Gasteiger partial charge in [-0.2, -0.15) is 0 Å². The van der Waals surface area contributed by atoms with Crippen molar-refractivity contribution in [3.63, 3.8) is 0 Å². The van der Waals surface area contributed by atoms with Crippen molar-refractivity contribution in [2.75, 3.05) is 11.3 Å². The first kappa shape index (κ1) is 19.6. The van der Waals surface area contributed by atoms with Gasteiger partial charge in [0.15, 0.2) is 0 Å². The molecule has 2 aromatic carbocycles. The lowest BCUT2D eigenvalue weighted by Gasteiger charge is -2.26. The lowest BCUT2D eigenvalue weighted by atomic mass is 10.0. The molecule has 0 saturated carbocycles. The Morgan fingerprint density at radius 2 is 1.72 bits per heavy atom. The van der Waals surface area contributed by atoms with Crippen LogP contribution in [0, 0.1) is 0 Å². The largest absolute Gasteiger partial charge is 0.478 e. The average molecular weight is 429 g/mol. The number of rotatable bonds is 6. The topological polar surface area (TPSA) is 86.7 Å². The van der Waals surface area contributed by atoms with Crippen molar-refractivity contribution < 1.29 is 18.3 Å². The Morgan fingerprint density at radius 3 is 2.38 bits per heavy atom. The summed E-state index contributed by atoms with van der Waals surface area (Å²) in [7, 11) is -3.85. The fourth-order valence-corrected chi connectivity index (χ4v) is 6.12. The molecule has 0 atom stereocenters. The first-order chi connectivity index (χ1) is 13.9. The smallest absolute Gasteiger partial charge is 0.339 e. The van der Waals surface area contributed by atoms with E-state index in [4.69, 9.17) is 0 Å². The molecule has 0 saturated heterocycles. The van der Waals surface area contributed by atoms with Crippen LogP contribution in [0.15, 0.2) is 65.6 Å². The molecular formula is C21H20N2O4S2. The number of carboxylic acid groups (broad SMARTS) is 1. The normalized spacial score (nSPS) is 14.3. The van der Waals surface area contributed by atoms with E-state index in [-0.39, 0.29) is 15.5 Å². The van der Waals surface area contributed by atoms with Gasteiger partial charge in [0.1, 0.15) is 5.00 Å². The van der Waals surface area contributed by atoms with Crippen LogP contribution in [0.3, 0.4) is 0 Å². The molecule has 0 radical (unpaired) electrons. The summed E-state index contributed by atoms with van der Waals surface area (Å²) >= 11 is 1.21. The lowest BCUT2D eigenvalue weighted by Crippen LogP contribution is -2.29. The summed E-state index contributed by atoms with van der Waals surface area (Å²) in [4.78, 5) is 15.2. The monoisotopic (exact) mass is 428 g/mol. The van der Waals surface area contributed by atoms with Gasteiger partial charge in [0.25, 0.3) is 10.0 Å². The predicted molar refractivity (Wildman–Crippen MR) is 113 cm³/mol. The maximum Gasteiger partial charge on any atom is 0.339 e. The maximum absolute atomic E-state index is 12.7. The minimum Gasteiger partial charge on any atom is -0.478 e. The highest BCUT2D eigenvalue weighted by molar-refractivity contribution is 7.93. The summed E-state index contributed by atoms with van der Waals surface area (Å²) in [6, 6.07) is 18.0. The van der Waals surface area contributed by atoms with Crippen molar-refractivity contribution >= 4 is 32.3 Å². The molecule has 8 heteroatoms. The predicted octanol–water partition coefficient (Wildman–Crippen LogP) is 3.81. The number of aromatic carboxylic acids is 1. The molecule has 29 heavy (non-hydrogen) atoms. The molecule has 0 amide bonds. The highest BCUT2D eigenvalue weighted by atomic mass is 32.2. The zero-order valence-electron chi connectivity index (χ0n) is 15.5. The van der Waals surface area contributed by atoms with Gasteiger partial charge in [0.05, 0.1) is 10.5 Å². The Labute approximate surface area is 173 Å². The van der Waals surface area contributed by atoms with Crippen molar-refractivity contribution in [2.24, 2.45) is 0 Å². The lowest BCUT2D eigenvalue weighted by molar-refractivity contribution is 0.0696. The summed E-state index contributed by atoms with van der Waals surface area (Å²) in [5.74, 6) is -1.11. The fraction of sp³-hybridized carbons (Fsp3) is 0.190. The van der Waals surface area contributed by atoms with Crippen molar-refractivity contribution in [1.29, 1.82) is 0 Å². The molecule has 3 aromatic rings. The third-order valence-electron chi connectivity index (χ3n) is 4.88. The molecule has 0 aliphatic carbocycles. The van der Waals surface area contributed by atoms with E-state index in [0.29, 0.717) is 13.0 Å². The van der Waals surface area contributed by atoms with Crippen LogP contribution in [-0.2, 0) is 29.5 Å². The van der Waals surface area contributed by atoms with E-state index in [1.807, 2.05) is 18.2 Å². The van der Waals surface area contributed by atoms with Crippen LogP contribution in [-0.4, -0.2) is 30.9 Å². The molecule has 0 bridgehead atoms. The van der Waals surface area contributed by atoms with Crippen LogP contribution in [0.2, 0.25) is 0 Å². The summed E-state index contributed by atoms with van der Waals surface area (Å²) in [6.45, 7) is 2.09. The minimum absolute atomic E-state index is 0.0730. The molecular weight excluding hydrogens is 408 g/mol. The Balaban J connectivity index is 1.61. The molecule has 150 valence electrons. The Kier molecular flexibility index (Phi) is 5.40. The third-order valence-corrected chi connectivity index (χ3v) is 7.51. The van der Waals surface area contributed by atoms with Gasteiger partial charge in [0, 0.05) is 24.5 Å². The van der Waals surface area contributed by atoms with Gasteiger partial charge in [-0.3, -0.25) is 9.62 Å².